The van der Waals surface area contributed by atoms with Gasteiger partial charge in [0.05, 0.1) is 19.2 Å². The summed E-state index contributed by atoms with van der Waals surface area (Å²) < 4.78 is 13.6. The molecule has 35 heavy (non-hydrogen) atoms. The number of nitrogens with zero attached hydrogens (tertiary/aromatic N) is 5. The van der Waals surface area contributed by atoms with Crippen molar-refractivity contribution in [2.75, 3.05) is 50.2 Å². The van der Waals surface area contributed by atoms with Gasteiger partial charge in [0.1, 0.15) is 35.9 Å². The number of aromatic nitrogens is 4. The number of hydrogen-bond acceptors (Lipinski definition) is 9. The number of nitrogens with one attached hydrogen (secondary N) is 2. The molecule has 2 unspecified atom stereocenters. The van der Waals surface area contributed by atoms with E-state index >= 15 is 0 Å². The van der Waals surface area contributed by atoms with Crippen molar-refractivity contribution in [3.63, 3.8) is 0 Å². The molecule has 3 aromatic rings. The molecule has 1 fully saturated rings. The van der Waals surface area contributed by atoms with E-state index in [1.807, 2.05) is 36.7 Å². The van der Waals surface area contributed by atoms with Gasteiger partial charge in [0.25, 0.3) is 0 Å². The number of benzene rings is 1. The normalized spacial score (nSPS) is 18.4. The minimum absolute atomic E-state index is 0.208. The van der Waals surface area contributed by atoms with Gasteiger partial charge >= 0.3 is 0 Å². The van der Waals surface area contributed by atoms with Gasteiger partial charge in [0.2, 0.25) is 0 Å². The van der Waals surface area contributed by atoms with Crippen molar-refractivity contribution in [1.29, 1.82) is 0 Å². The molecule has 3 N–H and O–H groups in total. The Kier molecular flexibility index (Phi) is 7.12. The molecule has 2 aromatic heterocycles. The number of hydrogen-bond donors (Lipinski definition) is 3. The number of likely N-dealkylation sites (N-methyl/N-ethyl adjacent to an activating group) is 1. The topological polar surface area (TPSA) is 110 Å². The molecule has 0 bridgehead atoms. The van der Waals surface area contributed by atoms with Crippen LogP contribution in [0.5, 0.6) is 5.75 Å². The van der Waals surface area contributed by atoms with Gasteiger partial charge in [0.15, 0.2) is 5.82 Å². The fourth-order valence-electron chi connectivity index (χ4n) is 4.49. The summed E-state index contributed by atoms with van der Waals surface area (Å²) in [5.41, 5.74) is 1.87. The highest BCUT2D eigenvalue weighted by Crippen LogP contribution is 2.31. The number of fused-ring (bicyclic) bond motifs is 1. The van der Waals surface area contributed by atoms with Crippen molar-refractivity contribution in [2.45, 2.75) is 38.6 Å². The largest absolute Gasteiger partial charge is 0.491 e. The second kappa shape index (κ2) is 10.6. The van der Waals surface area contributed by atoms with Gasteiger partial charge in [-0.15, -0.1) is 0 Å². The van der Waals surface area contributed by atoms with Gasteiger partial charge < -0.3 is 34.7 Å². The van der Waals surface area contributed by atoms with Gasteiger partial charge in [-0.1, -0.05) is 12.1 Å². The molecule has 10 nitrogen and oxygen atoms in total. The lowest BCUT2D eigenvalue weighted by Crippen LogP contribution is -2.35. The third-order valence-electron chi connectivity index (χ3n) is 6.41. The summed E-state index contributed by atoms with van der Waals surface area (Å²) >= 11 is 0. The molecule has 2 aliphatic heterocycles. The molecule has 10 heteroatoms. The van der Waals surface area contributed by atoms with Crippen LogP contribution in [-0.2, 0) is 17.8 Å². The first-order chi connectivity index (χ1) is 17.1. The Hall–Kier alpha value is -3.21. The number of aliphatic hydroxyl groups excluding tert-OH is 1. The average Bonchev–Trinajstić information content (AvgIpc) is 3.56. The number of anilines is 2. The third kappa shape index (κ3) is 5.39. The molecule has 2 atom stereocenters. The quantitative estimate of drug-likeness (QED) is 0.423. The predicted molar refractivity (Wildman–Crippen MR) is 134 cm³/mol. The highest BCUT2D eigenvalue weighted by Gasteiger charge is 2.24. The van der Waals surface area contributed by atoms with E-state index in [-0.39, 0.29) is 12.6 Å². The van der Waals surface area contributed by atoms with Gasteiger partial charge in [-0.3, -0.25) is 0 Å². The fraction of sp³-hybridized carbons (Fsp3) is 0.480. The van der Waals surface area contributed by atoms with E-state index in [1.54, 1.807) is 7.05 Å². The summed E-state index contributed by atoms with van der Waals surface area (Å²) in [5.74, 6) is 4.06. The van der Waals surface area contributed by atoms with Crippen LogP contribution in [0.1, 0.15) is 17.8 Å². The molecule has 0 aliphatic carbocycles. The van der Waals surface area contributed by atoms with E-state index < -0.39 is 6.10 Å². The summed E-state index contributed by atoms with van der Waals surface area (Å²) in [6.07, 6.45) is 4.25. The minimum atomic E-state index is -0.582. The van der Waals surface area contributed by atoms with Crippen molar-refractivity contribution in [2.24, 2.45) is 0 Å². The predicted octanol–water partition coefficient (Wildman–Crippen LogP) is 1.83. The van der Waals surface area contributed by atoms with Gasteiger partial charge in [-0.05, 0) is 32.5 Å². The average molecular weight is 480 g/mol. The first-order valence-electron chi connectivity index (χ1n) is 12.1. The maximum atomic E-state index is 9.99. The van der Waals surface area contributed by atoms with E-state index in [0.29, 0.717) is 31.3 Å². The molecule has 0 spiro atoms. The number of aliphatic hydroxyl groups is 1. The maximum Gasteiger partial charge on any atom is 0.164 e. The first-order valence-corrected chi connectivity index (χ1v) is 12.1. The Bertz CT molecular complexity index is 1150. The lowest BCUT2D eigenvalue weighted by Gasteiger charge is -2.30. The van der Waals surface area contributed by atoms with E-state index in [0.717, 1.165) is 54.7 Å². The molecule has 0 amide bonds. The highest BCUT2D eigenvalue weighted by atomic mass is 16.5. The third-order valence-corrected chi connectivity index (χ3v) is 6.41. The zero-order valence-electron chi connectivity index (χ0n) is 20.3. The van der Waals surface area contributed by atoms with E-state index in [4.69, 9.17) is 19.4 Å². The molecule has 186 valence electrons. The summed E-state index contributed by atoms with van der Waals surface area (Å²) in [6.45, 7) is 6.59. The van der Waals surface area contributed by atoms with Crippen LogP contribution in [0.25, 0.3) is 11.4 Å². The molecular formula is C25H33N7O3. The van der Waals surface area contributed by atoms with E-state index in [9.17, 15) is 5.11 Å². The van der Waals surface area contributed by atoms with Gasteiger partial charge in [-0.25, -0.2) is 15.0 Å². The summed E-state index contributed by atoms with van der Waals surface area (Å²) in [5, 5.41) is 16.5. The Morgan fingerprint density at radius 2 is 2.20 bits per heavy atom. The van der Waals surface area contributed by atoms with E-state index in [1.165, 1.54) is 0 Å². The van der Waals surface area contributed by atoms with E-state index in [2.05, 4.69) is 32.0 Å². The Balaban J connectivity index is 1.46. The smallest absolute Gasteiger partial charge is 0.164 e. The second-order valence-electron chi connectivity index (χ2n) is 9.06. The van der Waals surface area contributed by atoms with Crippen LogP contribution in [0.3, 0.4) is 0 Å². The van der Waals surface area contributed by atoms with Crippen molar-refractivity contribution in [1.82, 2.24) is 24.8 Å². The van der Waals surface area contributed by atoms with Gasteiger partial charge in [0, 0.05) is 49.8 Å². The molecule has 0 radical (unpaired) electrons. The Morgan fingerprint density at radius 1 is 1.29 bits per heavy atom. The van der Waals surface area contributed by atoms with Crippen molar-refractivity contribution >= 4 is 11.6 Å². The minimum Gasteiger partial charge on any atom is -0.491 e. The lowest BCUT2D eigenvalue weighted by atomic mass is 10.1. The van der Waals surface area contributed by atoms with Gasteiger partial charge in [-0.2, -0.15) is 0 Å². The van der Waals surface area contributed by atoms with Crippen LogP contribution < -0.4 is 20.3 Å². The number of imidazole rings is 1. The molecular weight excluding hydrogens is 446 g/mol. The summed E-state index contributed by atoms with van der Waals surface area (Å²) in [6, 6.07) is 7.94. The zero-order valence-corrected chi connectivity index (χ0v) is 20.3. The molecule has 4 heterocycles. The monoisotopic (exact) mass is 479 g/mol. The van der Waals surface area contributed by atoms with Crippen LogP contribution in [0.4, 0.5) is 11.6 Å². The van der Waals surface area contributed by atoms with Crippen LogP contribution in [-0.4, -0.2) is 76.7 Å². The zero-order chi connectivity index (χ0) is 24.2. The maximum absolute atomic E-state index is 9.99. The lowest BCUT2D eigenvalue weighted by molar-refractivity contribution is 0.108. The van der Waals surface area contributed by atoms with Crippen LogP contribution in [0.2, 0.25) is 0 Å². The number of ether oxygens (including phenoxy) is 2. The standard InChI is InChI=1S/C25H33N7O3/c1-17-23(28-19-6-11-34-15-19)29-24(18-4-3-5-21(12-18)35-16-20(33)13-26-2)30-25(17)32-10-9-31-8-7-27-22(31)14-32/h3-5,7-8,12,19-20,26,33H,6,9-11,13-16H2,1-2H3,(H,28,29,30). The van der Waals surface area contributed by atoms with Crippen molar-refractivity contribution in [3.05, 3.63) is 48.0 Å². The number of rotatable bonds is 9. The molecule has 1 aromatic carbocycles. The molecule has 0 saturated carbocycles. The fourth-order valence-corrected chi connectivity index (χ4v) is 4.49. The Labute approximate surface area is 205 Å². The summed E-state index contributed by atoms with van der Waals surface area (Å²) in [7, 11) is 1.80. The Morgan fingerprint density at radius 3 is 3.03 bits per heavy atom. The highest BCUT2D eigenvalue weighted by molar-refractivity contribution is 5.67. The molecule has 1 saturated heterocycles. The van der Waals surface area contributed by atoms with Crippen LogP contribution in [0, 0.1) is 6.92 Å². The molecule has 2 aliphatic rings. The molecule has 5 rings (SSSR count). The van der Waals surface area contributed by atoms with Crippen LogP contribution >= 0.6 is 0 Å². The first kappa shape index (κ1) is 23.5. The summed E-state index contributed by atoms with van der Waals surface area (Å²) in [4.78, 5) is 16.7. The second-order valence-corrected chi connectivity index (χ2v) is 9.06. The van der Waals surface area contributed by atoms with Crippen molar-refractivity contribution < 1.29 is 14.6 Å². The van der Waals surface area contributed by atoms with Crippen molar-refractivity contribution in [3.8, 4) is 17.1 Å². The van der Waals surface area contributed by atoms with Crippen LogP contribution in [0.15, 0.2) is 36.7 Å². The SMILES string of the molecule is CNCC(O)COc1cccc(-c2nc(NC3CCOC3)c(C)c(N3CCn4ccnc4C3)n2)c1.